The zero-order chi connectivity index (χ0) is 11.8. The molecule has 2 N–H and O–H groups in total. The normalized spacial score (nSPS) is 26.0. The first-order chi connectivity index (χ1) is 7.47. The second-order valence-electron chi connectivity index (χ2n) is 5.42. The molecule has 2 rings (SSSR count). The van der Waals surface area contributed by atoms with Gasteiger partial charge in [-0.05, 0) is 24.4 Å². The van der Waals surface area contributed by atoms with Crippen molar-refractivity contribution in [3.05, 3.63) is 5.89 Å². The lowest BCUT2D eigenvalue weighted by Crippen LogP contribution is -2.28. The fraction of sp³-hybridized carbons (Fsp3) is 0.818. The number of anilines is 1. The molecule has 2 atom stereocenters. The Morgan fingerprint density at radius 1 is 1.38 bits per heavy atom. The van der Waals surface area contributed by atoms with Crippen LogP contribution in [0.25, 0.3) is 0 Å². The van der Waals surface area contributed by atoms with Crippen molar-refractivity contribution in [1.82, 2.24) is 10.1 Å². The molecular formula is C11H19N3O2. The largest absolute Gasteiger partial charge is 0.391 e. The first kappa shape index (κ1) is 11.4. The molecule has 0 bridgehead atoms. The van der Waals surface area contributed by atoms with E-state index in [0.717, 1.165) is 19.3 Å². The first-order valence-electron chi connectivity index (χ1n) is 5.75. The third-order valence-electron chi connectivity index (χ3n) is 2.86. The molecule has 1 aliphatic rings. The predicted molar refractivity (Wildman–Crippen MR) is 60.3 cm³/mol. The van der Waals surface area contributed by atoms with Gasteiger partial charge in [0.25, 0.3) is 5.95 Å². The lowest BCUT2D eigenvalue weighted by molar-refractivity contribution is 0.171. The Balaban J connectivity index is 2.03. The standard InChI is InChI=1S/C11H19N3O2/c1-11(2,3)9-13-10(14-16-9)12-7-5-4-6-8(7)15/h7-8,15H,4-6H2,1-3H3,(H,12,14)/t7-,8+/m0/s1. The van der Waals surface area contributed by atoms with Crippen molar-refractivity contribution in [3.63, 3.8) is 0 Å². The molecule has 5 nitrogen and oxygen atoms in total. The Morgan fingerprint density at radius 2 is 2.12 bits per heavy atom. The van der Waals surface area contributed by atoms with E-state index in [9.17, 15) is 5.11 Å². The second-order valence-corrected chi connectivity index (χ2v) is 5.42. The van der Waals surface area contributed by atoms with Crippen LogP contribution < -0.4 is 5.32 Å². The van der Waals surface area contributed by atoms with Gasteiger partial charge in [-0.3, -0.25) is 0 Å². The Kier molecular flexibility index (Phi) is 2.88. The highest BCUT2D eigenvalue weighted by Crippen LogP contribution is 2.24. The van der Waals surface area contributed by atoms with Gasteiger partial charge in [-0.2, -0.15) is 4.98 Å². The molecule has 1 fully saturated rings. The average molecular weight is 225 g/mol. The van der Waals surface area contributed by atoms with Crippen molar-refractivity contribution in [2.45, 2.75) is 57.6 Å². The third-order valence-corrected chi connectivity index (χ3v) is 2.86. The van der Waals surface area contributed by atoms with Crippen LogP contribution in [0.2, 0.25) is 0 Å². The summed E-state index contributed by atoms with van der Waals surface area (Å²) >= 11 is 0. The number of aliphatic hydroxyl groups is 1. The van der Waals surface area contributed by atoms with E-state index in [1.54, 1.807) is 0 Å². The van der Waals surface area contributed by atoms with Crippen molar-refractivity contribution in [2.24, 2.45) is 0 Å². The number of hydrogen-bond donors (Lipinski definition) is 2. The van der Waals surface area contributed by atoms with E-state index in [1.807, 2.05) is 20.8 Å². The Labute approximate surface area is 95.2 Å². The maximum Gasteiger partial charge on any atom is 0.263 e. The summed E-state index contributed by atoms with van der Waals surface area (Å²) in [6, 6.07) is 0.0606. The van der Waals surface area contributed by atoms with Crippen LogP contribution in [0, 0.1) is 0 Å². The van der Waals surface area contributed by atoms with E-state index in [2.05, 4.69) is 15.5 Å². The molecule has 0 saturated heterocycles. The molecule has 0 aliphatic heterocycles. The highest BCUT2D eigenvalue weighted by Gasteiger charge is 2.27. The maximum absolute atomic E-state index is 9.67. The monoisotopic (exact) mass is 225 g/mol. The smallest absolute Gasteiger partial charge is 0.263 e. The van der Waals surface area contributed by atoms with E-state index in [1.165, 1.54) is 0 Å². The van der Waals surface area contributed by atoms with Crippen LogP contribution in [0.4, 0.5) is 5.95 Å². The fourth-order valence-corrected chi connectivity index (χ4v) is 1.86. The summed E-state index contributed by atoms with van der Waals surface area (Å²) in [5.41, 5.74) is -0.138. The Morgan fingerprint density at radius 3 is 2.62 bits per heavy atom. The molecule has 1 aromatic heterocycles. The molecule has 1 saturated carbocycles. The summed E-state index contributed by atoms with van der Waals surface area (Å²) in [6.45, 7) is 6.07. The topological polar surface area (TPSA) is 71.2 Å². The third kappa shape index (κ3) is 2.35. The summed E-state index contributed by atoms with van der Waals surface area (Å²) in [4.78, 5) is 4.28. The van der Waals surface area contributed by atoms with Gasteiger partial charge in [0.2, 0.25) is 5.89 Å². The second kappa shape index (κ2) is 4.05. The molecule has 1 aromatic rings. The summed E-state index contributed by atoms with van der Waals surface area (Å²) in [6.07, 6.45) is 2.56. The lowest BCUT2D eigenvalue weighted by atomic mass is 9.97. The number of aliphatic hydroxyl groups excluding tert-OH is 1. The quantitative estimate of drug-likeness (QED) is 0.801. The van der Waals surface area contributed by atoms with Gasteiger partial charge in [0.15, 0.2) is 0 Å². The number of rotatable bonds is 2. The molecule has 1 heterocycles. The van der Waals surface area contributed by atoms with E-state index in [-0.39, 0.29) is 17.6 Å². The Bertz CT molecular complexity index is 356. The Hall–Kier alpha value is -1.10. The van der Waals surface area contributed by atoms with Crippen molar-refractivity contribution in [2.75, 3.05) is 5.32 Å². The minimum atomic E-state index is -0.295. The molecule has 0 amide bonds. The number of hydrogen-bond acceptors (Lipinski definition) is 5. The van der Waals surface area contributed by atoms with Gasteiger partial charge in [-0.25, -0.2) is 0 Å². The van der Waals surface area contributed by atoms with Crippen LogP contribution in [0.15, 0.2) is 4.52 Å². The highest BCUT2D eigenvalue weighted by atomic mass is 16.5. The van der Waals surface area contributed by atoms with Gasteiger partial charge >= 0.3 is 0 Å². The zero-order valence-electron chi connectivity index (χ0n) is 10.0. The molecule has 1 aliphatic carbocycles. The van der Waals surface area contributed by atoms with E-state index in [0.29, 0.717) is 11.8 Å². The lowest BCUT2D eigenvalue weighted by Gasteiger charge is -2.14. The van der Waals surface area contributed by atoms with Crippen molar-refractivity contribution in [1.29, 1.82) is 0 Å². The number of nitrogens with one attached hydrogen (secondary N) is 1. The van der Waals surface area contributed by atoms with E-state index >= 15 is 0 Å². The summed E-state index contributed by atoms with van der Waals surface area (Å²) in [5.74, 6) is 1.10. The van der Waals surface area contributed by atoms with Crippen LogP contribution >= 0.6 is 0 Å². The molecule has 0 spiro atoms. The van der Waals surface area contributed by atoms with Gasteiger partial charge in [0, 0.05) is 5.41 Å². The van der Waals surface area contributed by atoms with Crippen LogP contribution in [-0.4, -0.2) is 27.4 Å². The summed E-state index contributed by atoms with van der Waals surface area (Å²) < 4.78 is 5.17. The van der Waals surface area contributed by atoms with Crippen molar-refractivity contribution < 1.29 is 9.63 Å². The molecular weight excluding hydrogens is 206 g/mol. The highest BCUT2D eigenvalue weighted by molar-refractivity contribution is 5.26. The number of aromatic nitrogens is 2. The van der Waals surface area contributed by atoms with Crippen LogP contribution in [0.5, 0.6) is 0 Å². The molecule has 0 radical (unpaired) electrons. The van der Waals surface area contributed by atoms with Gasteiger partial charge < -0.3 is 14.9 Å². The van der Waals surface area contributed by atoms with Crippen molar-refractivity contribution in [3.8, 4) is 0 Å². The fourth-order valence-electron chi connectivity index (χ4n) is 1.86. The van der Waals surface area contributed by atoms with Gasteiger partial charge in [0.1, 0.15) is 0 Å². The predicted octanol–water partition coefficient (Wildman–Crippen LogP) is 1.69. The SMILES string of the molecule is CC(C)(C)c1nc(N[C@H]2CCC[C@H]2O)no1. The van der Waals surface area contributed by atoms with Crippen LogP contribution in [0.3, 0.4) is 0 Å². The number of nitrogens with zero attached hydrogens (tertiary/aromatic N) is 2. The molecule has 0 aromatic carbocycles. The molecule has 0 unspecified atom stereocenters. The van der Waals surface area contributed by atoms with Crippen LogP contribution in [-0.2, 0) is 5.41 Å². The average Bonchev–Trinajstić information content (AvgIpc) is 2.76. The first-order valence-corrected chi connectivity index (χ1v) is 5.75. The van der Waals surface area contributed by atoms with Gasteiger partial charge in [-0.15, -0.1) is 0 Å². The zero-order valence-corrected chi connectivity index (χ0v) is 10.0. The van der Waals surface area contributed by atoms with E-state index < -0.39 is 0 Å². The van der Waals surface area contributed by atoms with Crippen molar-refractivity contribution >= 4 is 5.95 Å². The van der Waals surface area contributed by atoms with Gasteiger partial charge in [-0.1, -0.05) is 20.8 Å². The summed E-state index contributed by atoms with van der Waals surface area (Å²) in [5, 5.41) is 16.7. The molecule has 90 valence electrons. The van der Waals surface area contributed by atoms with Gasteiger partial charge in [0.05, 0.1) is 12.1 Å². The minimum absolute atomic E-state index is 0.0606. The summed E-state index contributed by atoms with van der Waals surface area (Å²) in [7, 11) is 0. The maximum atomic E-state index is 9.67. The molecule has 5 heteroatoms. The van der Waals surface area contributed by atoms with E-state index in [4.69, 9.17) is 4.52 Å². The van der Waals surface area contributed by atoms with Crippen LogP contribution in [0.1, 0.15) is 45.9 Å². The minimum Gasteiger partial charge on any atom is -0.391 e. The molecule has 16 heavy (non-hydrogen) atoms.